The molecule has 5 nitrogen and oxygen atoms in total. The minimum atomic E-state index is -0.704. The fourth-order valence-electron chi connectivity index (χ4n) is 2.95. The molecule has 0 radical (unpaired) electrons. The summed E-state index contributed by atoms with van der Waals surface area (Å²) in [5.74, 6) is -0.491. The number of rotatable bonds is 4. The van der Waals surface area contributed by atoms with Crippen molar-refractivity contribution >= 4 is 5.97 Å². The Morgan fingerprint density at radius 3 is 2.89 bits per heavy atom. The Morgan fingerprint density at radius 2 is 2.32 bits per heavy atom. The third-order valence-corrected chi connectivity index (χ3v) is 4.04. The molecule has 0 bridgehead atoms. The highest BCUT2D eigenvalue weighted by molar-refractivity contribution is 5.74. The molecule has 1 aromatic heterocycles. The van der Waals surface area contributed by atoms with Crippen LogP contribution in [0.2, 0.25) is 0 Å². The van der Waals surface area contributed by atoms with Gasteiger partial charge in [-0.05, 0) is 37.8 Å². The summed E-state index contributed by atoms with van der Waals surface area (Å²) in [6.07, 6.45) is 2.98. The predicted molar refractivity (Wildman–Crippen MR) is 72.8 cm³/mol. The molecule has 1 aromatic rings. The lowest BCUT2D eigenvalue weighted by molar-refractivity contribution is -0.147. The van der Waals surface area contributed by atoms with Crippen molar-refractivity contribution < 1.29 is 9.90 Å². The van der Waals surface area contributed by atoms with E-state index in [0.717, 1.165) is 37.2 Å². The Labute approximate surface area is 114 Å². The van der Waals surface area contributed by atoms with Crippen molar-refractivity contribution in [2.45, 2.75) is 45.7 Å². The summed E-state index contributed by atoms with van der Waals surface area (Å²) in [5, 5.41) is 13.8. The van der Waals surface area contributed by atoms with Gasteiger partial charge in [0.1, 0.15) is 6.04 Å². The van der Waals surface area contributed by atoms with E-state index >= 15 is 0 Å². The molecule has 19 heavy (non-hydrogen) atoms. The van der Waals surface area contributed by atoms with Crippen LogP contribution in [0.25, 0.3) is 0 Å². The first-order valence-electron chi connectivity index (χ1n) is 7.01. The van der Waals surface area contributed by atoms with Crippen LogP contribution in [0, 0.1) is 5.92 Å². The lowest BCUT2D eigenvalue weighted by atomic mass is 9.90. The summed E-state index contributed by atoms with van der Waals surface area (Å²) >= 11 is 0. The molecular weight excluding hydrogens is 242 g/mol. The van der Waals surface area contributed by atoms with Gasteiger partial charge in [-0.1, -0.05) is 13.8 Å². The van der Waals surface area contributed by atoms with E-state index in [0.29, 0.717) is 6.54 Å². The molecule has 106 valence electrons. The van der Waals surface area contributed by atoms with Gasteiger partial charge in [0, 0.05) is 13.6 Å². The predicted octanol–water partition coefficient (Wildman–Crippen LogP) is 1.67. The summed E-state index contributed by atoms with van der Waals surface area (Å²) in [4.78, 5) is 13.5. The van der Waals surface area contributed by atoms with Crippen LogP contribution in [0.5, 0.6) is 0 Å². The maximum atomic E-state index is 11.4. The molecule has 1 aliphatic heterocycles. The van der Waals surface area contributed by atoms with Crippen molar-refractivity contribution in [2.75, 3.05) is 6.54 Å². The molecule has 1 aliphatic rings. The molecule has 2 unspecified atom stereocenters. The van der Waals surface area contributed by atoms with Crippen molar-refractivity contribution in [3.63, 3.8) is 0 Å². The highest BCUT2D eigenvalue weighted by Gasteiger charge is 2.34. The molecule has 1 saturated heterocycles. The average Bonchev–Trinajstić information content (AvgIpc) is 2.70. The van der Waals surface area contributed by atoms with Crippen LogP contribution in [0.4, 0.5) is 0 Å². The third-order valence-electron chi connectivity index (χ3n) is 4.04. The van der Waals surface area contributed by atoms with Gasteiger partial charge >= 0.3 is 5.97 Å². The van der Waals surface area contributed by atoms with Crippen molar-refractivity contribution in [3.8, 4) is 0 Å². The zero-order chi connectivity index (χ0) is 14.0. The topological polar surface area (TPSA) is 58.4 Å². The smallest absolute Gasteiger partial charge is 0.321 e. The standard InChI is InChI=1S/C14H23N3O2/c1-4-11-8-12(16(3)15-11)9-17-7-5-6-10(2)13(17)14(18)19/h8,10,13H,4-7,9H2,1-3H3,(H,18,19). The van der Waals surface area contributed by atoms with Crippen LogP contribution in [-0.2, 0) is 24.8 Å². The van der Waals surface area contributed by atoms with Gasteiger partial charge in [-0.25, -0.2) is 0 Å². The first-order chi connectivity index (χ1) is 9.02. The van der Waals surface area contributed by atoms with Gasteiger partial charge in [-0.15, -0.1) is 0 Å². The van der Waals surface area contributed by atoms with Crippen molar-refractivity contribution in [3.05, 3.63) is 17.5 Å². The van der Waals surface area contributed by atoms with E-state index in [-0.39, 0.29) is 12.0 Å². The van der Waals surface area contributed by atoms with Gasteiger partial charge < -0.3 is 5.11 Å². The van der Waals surface area contributed by atoms with E-state index in [1.165, 1.54) is 0 Å². The van der Waals surface area contributed by atoms with E-state index in [1.807, 2.05) is 18.7 Å². The normalized spacial score (nSPS) is 24.6. The number of aryl methyl sites for hydroxylation is 2. The number of aromatic nitrogens is 2. The summed E-state index contributed by atoms with van der Waals surface area (Å²) in [7, 11) is 1.93. The Kier molecular flexibility index (Phi) is 4.24. The lowest BCUT2D eigenvalue weighted by Gasteiger charge is -2.37. The highest BCUT2D eigenvalue weighted by Crippen LogP contribution is 2.25. The van der Waals surface area contributed by atoms with E-state index in [9.17, 15) is 9.90 Å². The van der Waals surface area contributed by atoms with Crippen molar-refractivity contribution in [1.82, 2.24) is 14.7 Å². The molecule has 0 aliphatic carbocycles. The lowest BCUT2D eigenvalue weighted by Crippen LogP contribution is -2.48. The summed E-state index contributed by atoms with van der Waals surface area (Å²) < 4.78 is 1.87. The van der Waals surface area contributed by atoms with Crippen LogP contribution in [0.15, 0.2) is 6.07 Å². The summed E-state index contributed by atoms with van der Waals surface area (Å²) in [6.45, 7) is 5.64. The molecule has 0 saturated carbocycles. The number of hydrogen-bond donors (Lipinski definition) is 1. The number of carbonyl (C=O) groups is 1. The summed E-state index contributed by atoms with van der Waals surface area (Å²) in [6, 6.07) is 1.71. The highest BCUT2D eigenvalue weighted by atomic mass is 16.4. The SMILES string of the molecule is CCc1cc(CN2CCCC(C)C2C(=O)O)n(C)n1. The second-order valence-electron chi connectivity index (χ2n) is 5.48. The number of piperidine rings is 1. The first-order valence-corrected chi connectivity index (χ1v) is 7.01. The molecule has 5 heteroatoms. The first kappa shape index (κ1) is 14.1. The van der Waals surface area contributed by atoms with Crippen LogP contribution < -0.4 is 0 Å². The van der Waals surface area contributed by atoms with Gasteiger partial charge in [0.05, 0.1) is 11.4 Å². The molecule has 2 atom stereocenters. The van der Waals surface area contributed by atoms with Gasteiger partial charge in [0.2, 0.25) is 0 Å². The molecular formula is C14H23N3O2. The van der Waals surface area contributed by atoms with Crippen LogP contribution >= 0.6 is 0 Å². The molecule has 0 aromatic carbocycles. The fraction of sp³-hybridized carbons (Fsp3) is 0.714. The Hall–Kier alpha value is -1.36. The van der Waals surface area contributed by atoms with Gasteiger partial charge in [0.25, 0.3) is 0 Å². The van der Waals surface area contributed by atoms with Gasteiger partial charge in [-0.2, -0.15) is 5.10 Å². The number of nitrogens with zero attached hydrogens (tertiary/aromatic N) is 3. The molecule has 0 amide bonds. The number of aliphatic carboxylic acids is 1. The maximum absolute atomic E-state index is 11.4. The minimum Gasteiger partial charge on any atom is -0.480 e. The fourth-order valence-corrected chi connectivity index (χ4v) is 2.95. The second kappa shape index (κ2) is 5.74. The van der Waals surface area contributed by atoms with E-state index in [1.54, 1.807) is 0 Å². The molecule has 2 rings (SSSR count). The number of carboxylic acid groups (broad SMARTS) is 1. The van der Waals surface area contributed by atoms with Crippen LogP contribution in [0.1, 0.15) is 38.1 Å². The van der Waals surface area contributed by atoms with E-state index < -0.39 is 5.97 Å². The average molecular weight is 265 g/mol. The molecule has 2 heterocycles. The third kappa shape index (κ3) is 2.97. The maximum Gasteiger partial charge on any atom is 0.321 e. The molecule has 0 spiro atoms. The van der Waals surface area contributed by atoms with Gasteiger partial charge in [-0.3, -0.25) is 14.4 Å². The molecule has 1 fully saturated rings. The Balaban J connectivity index is 2.15. The largest absolute Gasteiger partial charge is 0.480 e. The zero-order valence-electron chi connectivity index (χ0n) is 12.0. The quantitative estimate of drug-likeness (QED) is 0.899. The Bertz CT molecular complexity index is 456. The number of likely N-dealkylation sites (tertiary alicyclic amines) is 1. The zero-order valence-corrected chi connectivity index (χ0v) is 12.0. The van der Waals surface area contributed by atoms with E-state index in [2.05, 4.69) is 23.0 Å². The minimum absolute atomic E-state index is 0.213. The van der Waals surface area contributed by atoms with Gasteiger partial charge in [0.15, 0.2) is 0 Å². The van der Waals surface area contributed by atoms with Crippen molar-refractivity contribution in [1.29, 1.82) is 0 Å². The van der Waals surface area contributed by atoms with Crippen LogP contribution in [0.3, 0.4) is 0 Å². The molecule has 1 N–H and O–H groups in total. The number of carboxylic acids is 1. The van der Waals surface area contributed by atoms with E-state index in [4.69, 9.17) is 0 Å². The second-order valence-corrected chi connectivity index (χ2v) is 5.48. The Morgan fingerprint density at radius 1 is 1.58 bits per heavy atom. The number of hydrogen-bond acceptors (Lipinski definition) is 3. The van der Waals surface area contributed by atoms with Crippen molar-refractivity contribution in [2.24, 2.45) is 13.0 Å². The monoisotopic (exact) mass is 265 g/mol. The van der Waals surface area contributed by atoms with Crippen LogP contribution in [-0.4, -0.2) is 38.3 Å². The summed E-state index contributed by atoms with van der Waals surface area (Å²) in [5.41, 5.74) is 2.16.